The van der Waals surface area contributed by atoms with Crippen molar-refractivity contribution in [1.82, 2.24) is 10.4 Å². The van der Waals surface area contributed by atoms with Crippen molar-refractivity contribution in [2.24, 2.45) is 5.84 Å². The van der Waals surface area contributed by atoms with Crippen LogP contribution in [0.25, 0.3) is 0 Å². The molecule has 1 aromatic rings. The van der Waals surface area contributed by atoms with E-state index < -0.39 is 0 Å². The van der Waals surface area contributed by atoms with Crippen molar-refractivity contribution >= 4 is 0 Å². The summed E-state index contributed by atoms with van der Waals surface area (Å²) >= 11 is 0. The molecule has 0 bridgehead atoms. The third-order valence-corrected chi connectivity index (χ3v) is 3.57. The van der Waals surface area contributed by atoms with Crippen molar-refractivity contribution in [1.29, 1.82) is 0 Å². The lowest BCUT2D eigenvalue weighted by atomic mass is 9.89. The zero-order valence-corrected chi connectivity index (χ0v) is 11.7. The second-order valence-electron chi connectivity index (χ2n) is 5.17. The summed E-state index contributed by atoms with van der Waals surface area (Å²) in [5.41, 5.74) is 3.59. The average molecular weight is 265 g/mol. The molecule has 5 heteroatoms. The first-order valence-electron chi connectivity index (χ1n) is 6.87. The van der Waals surface area contributed by atoms with E-state index in [0.717, 1.165) is 37.2 Å². The topological polar surface area (TPSA) is 69.4 Å². The van der Waals surface area contributed by atoms with Crippen molar-refractivity contribution in [2.45, 2.75) is 44.8 Å². The van der Waals surface area contributed by atoms with Crippen LogP contribution in [0.5, 0.6) is 5.75 Å². The summed E-state index contributed by atoms with van der Waals surface area (Å²) in [5.74, 6) is 6.50. The van der Waals surface area contributed by atoms with Crippen LogP contribution >= 0.6 is 0 Å². The van der Waals surface area contributed by atoms with Gasteiger partial charge in [-0.15, -0.1) is 0 Å². The zero-order valence-electron chi connectivity index (χ0n) is 11.7. The van der Waals surface area contributed by atoms with Gasteiger partial charge in [-0.3, -0.25) is 16.3 Å². The second kappa shape index (κ2) is 6.32. The van der Waals surface area contributed by atoms with Crippen LogP contribution < -0.4 is 16.0 Å². The number of hydrazine groups is 1. The highest BCUT2D eigenvalue weighted by atomic mass is 16.5. The van der Waals surface area contributed by atoms with Gasteiger partial charge in [-0.25, -0.2) is 0 Å². The van der Waals surface area contributed by atoms with E-state index in [-0.39, 0.29) is 11.6 Å². The van der Waals surface area contributed by atoms with Gasteiger partial charge in [0.1, 0.15) is 5.75 Å². The van der Waals surface area contributed by atoms with E-state index >= 15 is 0 Å². The number of rotatable bonds is 6. The molecule has 0 spiro atoms. The number of hydrogen-bond acceptors (Lipinski definition) is 5. The van der Waals surface area contributed by atoms with Crippen LogP contribution in [0.3, 0.4) is 0 Å². The summed E-state index contributed by atoms with van der Waals surface area (Å²) < 4.78 is 11.5. The molecule has 5 nitrogen and oxygen atoms in total. The number of aromatic nitrogens is 1. The van der Waals surface area contributed by atoms with Gasteiger partial charge in [0.25, 0.3) is 0 Å². The Bertz CT molecular complexity index is 405. The van der Waals surface area contributed by atoms with Gasteiger partial charge < -0.3 is 9.47 Å². The third-order valence-electron chi connectivity index (χ3n) is 3.57. The van der Waals surface area contributed by atoms with Gasteiger partial charge in [0, 0.05) is 12.8 Å². The first-order valence-corrected chi connectivity index (χ1v) is 6.87. The van der Waals surface area contributed by atoms with Gasteiger partial charge in [-0.05, 0) is 37.8 Å². The van der Waals surface area contributed by atoms with Crippen LogP contribution in [0.2, 0.25) is 0 Å². The highest BCUT2D eigenvalue weighted by molar-refractivity contribution is 5.28. The largest absolute Gasteiger partial charge is 0.492 e. The molecule has 1 aromatic heterocycles. The van der Waals surface area contributed by atoms with Crippen molar-refractivity contribution in [2.75, 3.05) is 13.2 Å². The number of nitrogens with one attached hydrogen (secondary N) is 1. The van der Waals surface area contributed by atoms with Crippen LogP contribution in [0, 0.1) is 0 Å². The van der Waals surface area contributed by atoms with Crippen molar-refractivity contribution < 1.29 is 9.47 Å². The Morgan fingerprint density at radius 2 is 2.42 bits per heavy atom. The molecular weight excluding hydrogens is 242 g/mol. The first-order chi connectivity index (χ1) is 9.19. The van der Waals surface area contributed by atoms with Gasteiger partial charge in [-0.2, -0.15) is 0 Å². The number of hydrogen-bond donors (Lipinski definition) is 2. The summed E-state index contributed by atoms with van der Waals surface area (Å²) in [6.45, 7) is 5.65. The molecule has 0 aromatic carbocycles. The molecule has 1 fully saturated rings. The highest BCUT2D eigenvalue weighted by Gasteiger charge is 2.39. The molecule has 3 N–H and O–H groups in total. The number of nitrogens with two attached hydrogens (primary N) is 1. The Kier molecular flexibility index (Phi) is 4.74. The summed E-state index contributed by atoms with van der Waals surface area (Å²) in [6.07, 6.45) is 6.57. The summed E-state index contributed by atoms with van der Waals surface area (Å²) in [4.78, 5) is 4.23. The Labute approximate surface area is 114 Å². The molecule has 0 aliphatic carbocycles. The van der Waals surface area contributed by atoms with Crippen LogP contribution in [0.4, 0.5) is 0 Å². The van der Waals surface area contributed by atoms with Crippen molar-refractivity contribution in [3.05, 3.63) is 24.0 Å². The SMILES string of the molecule is CCCOc1cncc(C(NN)C2(C)CCCO2)c1. The highest BCUT2D eigenvalue weighted by Crippen LogP contribution is 2.37. The van der Waals surface area contributed by atoms with Gasteiger partial charge in [0.2, 0.25) is 0 Å². The molecule has 106 valence electrons. The monoisotopic (exact) mass is 265 g/mol. The fourth-order valence-corrected chi connectivity index (χ4v) is 2.55. The molecule has 1 aliphatic rings. The number of ether oxygens (including phenoxy) is 2. The van der Waals surface area contributed by atoms with Crippen LogP contribution in [-0.4, -0.2) is 23.8 Å². The normalized spacial score (nSPS) is 24.4. The lowest BCUT2D eigenvalue weighted by Gasteiger charge is -2.33. The molecule has 2 atom stereocenters. The quantitative estimate of drug-likeness (QED) is 0.607. The predicted octanol–water partition coefficient (Wildman–Crippen LogP) is 1.94. The molecule has 19 heavy (non-hydrogen) atoms. The maximum absolute atomic E-state index is 5.86. The lowest BCUT2D eigenvalue weighted by molar-refractivity contribution is -0.0126. The van der Waals surface area contributed by atoms with E-state index in [2.05, 4.69) is 24.3 Å². The Morgan fingerprint density at radius 1 is 1.58 bits per heavy atom. The maximum atomic E-state index is 5.86. The minimum Gasteiger partial charge on any atom is -0.492 e. The summed E-state index contributed by atoms with van der Waals surface area (Å²) in [6, 6.07) is 1.91. The maximum Gasteiger partial charge on any atom is 0.137 e. The van der Waals surface area contributed by atoms with Crippen LogP contribution in [-0.2, 0) is 4.74 Å². The molecule has 0 radical (unpaired) electrons. The molecule has 1 saturated heterocycles. The Morgan fingerprint density at radius 3 is 3.05 bits per heavy atom. The zero-order chi connectivity index (χ0) is 13.7. The predicted molar refractivity (Wildman–Crippen MR) is 73.7 cm³/mol. The van der Waals surface area contributed by atoms with E-state index in [1.807, 2.05) is 12.3 Å². The average Bonchev–Trinajstić information content (AvgIpc) is 2.85. The van der Waals surface area contributed by atoms with Crippen LogP contribution in [0.1, 0.15) is 44.7 Å². The summed E-state index contributed by atoms with van der Waals surface area (Å²) in [5, 5.41) is 0. The standard InChI is InChI=1S/C14H23N3O2/c1-3-6-18-12-8-11(9-16-10-12)13(17-15)14(2)5-4-7-19-14/h8-10,13,17H,3-7,15H2,1-2H3. The van der Waals surface area contributed by atoms with E-state index in [0.29, 0.717) is 6.61 Å². The third kappa shape index (κ3) is 3.23. The molecule has 1 aliphatic heterocycles. The summed E-state index contributed by atoms with van der Waals surface area (Å²) in [7, 11) is 0. The van der Waals surface area contributed by atoms with Gasteiger partial charge in [0.05, 0.1) is 24.4 Å². The van der Waals surface area contributed by atoms with E-state index in [1.165, 1.54) is 0 Å². The smallest absolute Gasteiger partial charge is 0.137 e. The Hall–Kier alpha value is -1.17. The fraction of sp³-hybridized carbons (Fsp3) is 0.643. The molecule has 2 heterocycles. The Balaban J connectivity index is 2.18. The minimum atomic E-state index is -0.278. The van der Waals surface area contributed by atoms with E-state index in [1.54, 1.807) is 6.20 Å². The lowest BCUT2D eigenvalue weighted by Crippen LogP contribution is -2.44. The molecule has 2 unspecified atom stereocenters. The molecule has 2 rings (SSSR count). The van der Waals surface area contributed by atoms with Crippen molar-refractivity contribution in [3.8, 4) is 5.75 Å². The van der Waals surface area contributed by atoms with Gasteiger partial charge in [-0.1, -0.05) is 6.92 Å². The minimum absolute atomic E-state index is 0.0762. The van der Waals surface area contributed by atoms with E-state index in [9.17, 15) is 0 Å². The van der Waals surface area contributed by atoms with Crippen LogP contribution in [0.15, 0.2) is 18.5 Å². The molecule has 0 saturated carbocycles. The molecular formula is C14H23N3O2. The van der Waals surface area contributed by atoms with Gasteiger partial charge in [0.15, 0.2) is 0 Å². The molecule has 0 amide bonds. The second-order valence-corrected chi connectivity index (χ2v) is 5.17. The first kappa shape index (κ1) is 14.2. The number of pyridine rings is 1. The van der Waals surface area contributed by atoms with E-state index in [4.69, 9.17) is 15.3 Å². The fourth-order valence-electron chi connectivity index (χ4n) is 2.55. The van der Waals surface area contributed by atoms with Gasteiger partial charge >= 0.3 is 0 Å². The van der Waals surface area contributed by atoms with Crippen molar-refractivity contribution in [3.63, 3.8) is 0 Å². The number of nitrogens with zero attached hydrogens (tertiary/aromatic N) is 1.